The van der Waals surface area contributed by atoms with Gasteiger partial charge in [0.25, 0.3) is 0 Å². The first-order chi connectivity index (χ1) is 15.6. The van der Waals surface area contributed by atoms with Gasteiger partial charge >= 0.3 is 0 Å². The molecule has 0 saturated heterocycles. The van der Waals surface area contributed by atoms with Crippen LogP contribution in [0.25, 0.3) is 22.4 Å². The first-order valence-corrected chi connectivity index (χ1v) is 10.3. The topological polar surface area (TPSA) is 70.2 Å². The average Bonchev–Trinajstić information content (AvgIpc) is 3.46. The lowest BCUT2D eigenvalue weighted by Gasteiger charge is -2.06. The summed E-state index contributed by atoms with van der Waals surface area (Å²) in [6, 6.07) is 16.9. The number of benzene rings is 2. The first-order valence-electron chi connectivity index (χ1n) is 9.94. The van der Waals surface area contributed by atoms with E-state index in [0.29, 0.717) is 28.8 Å². The molecule has 32 heavy (non-hydrogen) atoms. The number of aromatic nitrogens is 3. The van der Waals surface area contributed by atoms with Gasteiger partial charge in [-0.2, -0.15) is 0 Å². The number of rotatable bonds is 6. The van der Waals surface area contributed by atoms with E-state index in [1.807, 2.05) is 53.2 Å². The number of hydrogen-bond acceptors (Lipinski definition) is 5. The molecule has 0 N–H and O–H groups in total. The Bertz CT molecular complexity index is 1410. The molecule has 0 atom stereocenters. The molecule has 3 heterocycles. The molecule has 0 fully saturated rings. The number of nitrogens with zero attached hydrogens (tertiary/aromatic N) is 3. The van der Waals surface area contributed by atoms with Crippen LogP contribution in [-0.2, 0) is 6.54 Å². The summed E-state index contributed by atoms with van der Waals surface area (Å²) >= 11 is 6.02. The molecule has 0 radical (unpaired) electrons. The van der Waals surface area contributed by atoms with Gasteiger partial charge < -0.3 is 13.7 Å². The number of halogens is 1. The minimum atomic E-state index is -0.245. The largest absolute Gasteiger partial charge is 0.497 e. The summed E-state index contributed by atoms with van der Waals surface area (Å²) in [5.74, 6) is 0.972. The predicted molar refractivity (Wildman–Crippen MR) is 122 cm³/mol. The number of pyridine rings is 1. The van der Waals surface area contributed by atoms with Gasteiger partial charge in [0, 0.05) is 46.6 Å². The Balaban J connectivity index is 1.56. The first kappa shape index (κ1) is 20.0. The Labute approximate surface area is 189 Å². The Kier molecular flexibility index (Phi) is 5.21. The van der Waals surface area contributed by atoms with Gasteiger partial charge in [-0.3, -0.25) is 9.78 Å². The van der Waals surface area contributed by atoms with Crippen molar-refractivity contribution in [2.75, 3.05) is 7.11 Å². The van der Waals surface area contributed by atoms with Gasteiger partial charge in [-0.25, -0.2) is 4.98 Å². The van der Waals surface area contributed by atoms with E-state index < -0.39 is 0 Å². The van der Waals surface area contributed by atoms with E-state index in [1.165, 1.54) is 6.20 Å². The number of carbonyl (C=O) groups excluding carboxylic acids is 1. The van der Waals surface area contributed by atoms with E-state index in [9.17, 15) is 4.79 Å². The molecule has 0 amide bonds. The summed E-state index contributed by atoms with van der Waals surface area (Å²) in [5.41, 5.74) is 3.26. The van der Waals surface area contributed by atoms with Gasteiger partial charge in [-0.1, -0.05) is 23.7 Å². The summed E-state index contributed by atoms with van der Waals surface area (Å²) in [5, 5.41) is 1.47. The van der Waals surface area contributed by atoms with Crippen molar-refractivity contribution in [2.45, 2.75) is 6.54 Å². The second kappa shape index (κ2) is 8.32. The van der Waals surface area contributed by atoms with Crippen molar-refractivity contribution in [1.82, 2.24) is 14.5 Å². The van der Waals surface area contributed by atoms with E-state index in [2.05, 4.69) is 9.97 Å². The highest BCUT2D eigenvalue weighted by Crippen LogP contribution is 2.29. The number of hydrogen-bond donors (Lipinski definition) is 0. The van der Waals surface area contributed by atoms with Crippen LogP contribution in [0.1, 0.15) is 21.7 Å². The SMILES string of the molecule is COc1ccc2c(c1)c(C(=O)c1cnc(-c3ccncc3)o1)cn2Cc1ccc(Cl)cc1. The zero-order valence-electron chi connectivity index (χ0n) is 17.2. The third-order valence-electron chi connectivity index (χ3n) is 5.26. The Hall–Kier alpha value is -3.90. The van der Waals surface area contributed by atoms with Crippen LogP contribution in [0.5, 0.6) is 5.75 Å². The molecule has 7 heteroatoms. The Morgan fingerprint density at radius 2 is 1.88 bits per heavy atom. The van der Waals surface area contributed by atoms with Crippen LogP contribution in [0, 0.1) is 0 Å². The van der Waals surface area contributed by atoms with Crippen molar-refractivity contribution in [3.8, 4) is 17.2 Å². The highest BCUT2D eigenvalue weighted by molar-refractivity contribution is 6.30. The van der Waals surface area contributed by atoms with E-state index in [-0.39, 0.29) is 11.5 Å². The molecule has 0 spiro atoms. The van der Waals surface area contributed by atoms with Crippen molar-refractivity contribution in [3.05, 3.63) is 101 Å². The van der Waals surface area contributed by atoms with Gasteiger partial charge in [-0.15, -0.1) is 0 Å². The molecule has 0 saturated carbocycles. The van der Waals surface area contributed by atoms with Crippen molar-refractivity contribution < 1.29 is 13.9 Å². The number of oxazole rings is 1. The van der Waals surface area contributed by atoms with Crippen LogP contribution >= 0.6 is 11.6 Å². The molecular weight excluding hydrogens is 426 g/mol. The lowest BCUT2D eigenvalue weighted by atomic mass is 10.1. The Morgan fingerprint density at radius 1 is 1.09 bits per heavy atom. The van der Waals surface area contributed by atoms with Gasteiger partial charge in [0.1, 0.15) is 5.75 Å². The standard InChI is InChI=1S/C25H18ClN3O3/c1-31-19-6-7-22-20(12-19)21(15-29(22)14-16-2-4-18(26)5-3-16)24(30)23-13-28-25(32-23)17-8-10-27-11-9-17/h2-13,15H,14H2,1H3. The zero-order chi connectivity index (χ0) is 22.1. The summed E-state index contributed by atoms with van der Waals surface area (Å²) in [4.78, 5) is 21.7. The molecule has 158 valence electrons. The molecule has 2 aromatic carbocycles. The molecule has 0 aliphatic carbocycles. The smallest absolute Gasteiger partial charge is 0.232 e. The zero-order valence-corrected chi connectivity index (χ0v) is 17.9. The molecule has 0 bridgehead atoms. The van der Waals surface area contributed by atoms with Crippen LogP contribution in [-0.4, -0.2) is 27.4 Å². The second-order valence-corrected chi connectivity index (χ2v) is 7.71. The van der Waals surface area contributed by atoms with Gasteiger partial charge in [0.05, 0.1) is 18.9 Å². The van der Waals surface area contributed by atoms with Gasteiger partial charge in [0.15, 0.2) is 5.76 Å². The molecule has 0 aliphatic rings. The van der Waals surface area contributed by atoms with Crippen LogP contribution in [0.3, 0.4) is 0 Å². The van der Waals surface area contributed by atoms with Gasteiger partial charge in [0.2, 0.25) is 11.7 Å². The predicted octanol–water partition coefficient (Wildman–Crippen LogP) is 5.63. The van der Waals surface area contributed by atoms with E-state index in [1.54, 1.807) is 31.6 Å². The normalized spacial score (nSPS) is 11.1. The second-order valence-electron chi connectivity index (χ2n) is 7.27. The summed E-state index contributed by atoms with van der Waals surface area (Å²) < 4.78 is 13.2. The Morgan fingerprint density at radius 3 is 2.62 bits per heavy atom. The van der Waals surface area contributed by atoms with Gasteiger partial charge in [-0.05, 0) is 48.0 Å². The number of fused-ring (bicyclic) bond motifs is 1. The summed E-state index contributed by atoms with van der Waals surface area (Å²) in [6.45, 7) is 0.589. The fourth-order valence-corrected chi connectivity index (χ4v) is 3.77. The van der Waals surface area contributed by atoms with Crippen molar-refractivity contribution in [1.29, 1.82) is 0 Å². The highest BCUT2D eigenvalue weighted by atomic mass is 35.5. The summed E-state index contributed by atoms with van der Waals surface area (Å²) in [7, 11) is 1.60. The molecule has 6 nitrogen and oxygen atoms in total. The molecule has 5 aromatic rings. The third-order valence-corrected chi connectivity index (χ3v) is 5.51. The molecular formula is C25H18ClN3O3. The minimum absolute atomic E-state index is 0.171. The number of carbonyl (C=O) groups is 1. The fraction of sp³-hybridized carbons (Fsp3) is 0.0800. The van der Waals surface area contributed by atoms with Crippen LogP contribution in [0.4, 0.5) is 0 Å². The van der Waals surface area contributed by atoms with Crippen LogP contribution < -0.4 is 4.74 Å². The van der Waals surface area contributed by atoms with Crippen molar-refractivity contribution in [3.63, 3.8) is 0 Å². The lowest BCUT2D eigenvalue weighted by molar-refractivity contribution is 0.101. The highest BCUT2D eigenvalue weighted by Gasteiger charge is 2.21. The molecule has 0 aliphatic heterocycles. The maximum Gasteiger partial charge on any atom is 0.232 e. The lowest BCUT2D eigenvalue weighted by Crippen LogP contribution is -2.00. The quantitative estimate of drug-likeness (QED) is 0.318. The van der Waals surface area contributed by atoms with E-state index in [0.717, 1.165) is 22.0 Å². The average molecular weight is 444 g/mol. The molecule has 0 unspecified atom stereocenters. The number of ketones is 1. The molecule has 3 aromatic heterocycles. The van der Waals surface area contributed by atoms with E-state index in [4.69, 9.17) is 20.8 Å². The summed E-state index contributed by atoms with van der Waals surface area (Å²) in [6.07, 6.45) is 6.60. The fourth-order valence-electron chi connectivity index (χ4n) is 3.64. The van der Waals surface area contributed by atoms with Crippen LogP contribution in [0.2, 0.25) is 5.02 Å². The van der Waals surface area contributed by atoms with Crippen LogP contribution in [0.15, 0.2) is 83.8 Å². The monoisotopic (exact) mass is 443 g/mol. The maximum absolute atomic E-state index is 13.4. The number of ether oxygens (including phenoxy) is 1. The van der Waals surface area contributed by atoms with Crippen molar-refractivity contribution in [2.24, 2.45) is 0 Å². The third kappa shape index (κ3) is 3.76. The number of methoxy groups -OCH3 is 1. The molecule has 5 rings (SSSR count). The van der Waals surface area contributed by atoms with Crippen molar-refractivity contribution >= 4 is 28.3 Å². The maximum atomic E-state index is 13.4. The van der Waals surface area contributed by atoms with E-state index >= 15 is 0 Å². The minimum Gasteiger partial charge on any atom is -0.497 e.